The molecule has 1 unspecified atom stereocenters. The molecule has 0 radical (unpaired) electrons. The number of amides is 1. The van der Waals surface area contributed by atoms with Crippen molar-refractivity contribution in [3.8, 4) is 10.6 Å². The number of carbonyl (C=O) groups is 2. The lowest BCUT2D eigenvalue weighted by Crippen LogP contribution is -2.40. The molecule has 1 aromatic carbocycles. The van der Waals surface area contributed by atoms with Crippen molar-refractivity contribution in [3.63, 3.8) is 0 Å². The van der Waals surface area contributed by atoms with E-state index < -0.39 is 12.0 Å². The van der Waals surface area contributed by atoms with Crippen LogP contribution in [-0.2, 0) is 4.79 Å². The van der Waals surface area contributed by atoms with Gasteiger partial charge in [0.1, 0.15) is 21.7 Å². The lowest BCUT2D eigenvalue weighted by Gasteiger charge is -2.20. The van der Waals surface area contributed by atoms with Gasteiger partial charge in [0.2, 0.25) is 0 Å². The Balaban J connectivity index is 1.90. The van der Waals surface area contributed by atoms with E-state index in [-0.39, 0.29) is 11.7 Å². The maximum absolute atomic E-state index is 13.0. The van der Waals surface area contributed by atoms with E-state index in [9.17, 15) is 19.1 Å². The maximum atomic E-state index is 13.0. The van der Waals surface area contributed by atoms with Gasteiger partial charge >= 0.3 is 5.97 Å². The van der Waals surface area contributed by atoms with Gasteiger partial charge in [-0.3, -0.25) is 4.79 Å². The van der Waals surface area contributed by atoms with Gasteiger partial charge in [-0.2, -0.15) is 0 Å². The number of carboxylic acid groups (broad SMARTS) is 1. The third-order valence-corrected chi connectivity index (χ3v) is 5.08. The molecule has 5 nitrogen and oxygen atoms in total. The topological polar surface area (TPSA) is 70.5 Å². The molecule has 2 heterocycles. The normalized spacial score (nSPS) is 17.5. The van der Waals surface area contributed by atoms with Crippen LogP contribution in [0.5, 0.6) is 0 Å². The van der Waals surface area contributed by atoms with Gasteiger partial charge in [0.05, 0.1) is 5.69 Å². The molecule has 1 fully saturated rings. The summed E-state index contributed by atoms with van der Waals surface area (Å²) in [6, 6.07) is 5.14. The van der Waals surface area contributed by atoms with Crippen molar-refractivity contribution in [1.82, 2.24) is 9.88 Å². The summed E-state index contributed by atoms with van der Waals surface area (Å²) in [5.74, 6) is -1.60. The lowest BCUT2D eigenvalue weighted by atomic mass is 10.2. The van der Waals surface area contributed by atoms with Gasteiger partial charge < -0.3 is 10.0 Å². The molecule has 23 heavy (non-hydrogen) atoms. The van der Waals surface area contributed by atoms with Gasteiger partial charge in [-0.05, 0) is 44.0 Å². The number of hydrogen-bond acceptors (Lipinski definition) is 4. The summed E-state index contributed by atoms with van der Waals surface area (Å²) in [6.45, 7) is 2.17. The number of halogens is 1. The van der Waals surface area contributed by atoms with Gasteiger partial charge in [0.15, 0.2) is 0 Å². The summed E-state index contributed by atoms with van der Waals surface area (Å²) in [4.78, 5) is 30.1. The first-order valence-corrected chi connectivity index (χ1v) is 8.06. The minimum Gasteiger partial charge on any atom is -0.480 e. The summed E-state index contributed by atoms with van der Waals surface area (Å²) in [5, 5.41) is 9.84. The van der Waals surface area contributed by atoms with Crippen molar-refractivity contribution in [3.05, 3.63) is 40.7 Å². The second kappa shape index (κ2) is 6.08. The molecule has 1 saturated heterocycles. The van der Waals surface area contributed by atoms with Crippen LogP contribution < -0.4 is 0 Å². The largest absolute Gasteiger partial charge is 0.480 e. The van der Waals surface area contributed by atoms with Crippen LogP contribution in [-0.4, -0.2) is 39.5 Å². The second-order valence-electron chi connectivity index (χ2n) is 5.44. The Kier molecular flexibility index (Phi) is 4.12. The van der Waals surface area contributed by atoms with Crippen LogP contribution in [0.15, 0.2) is 24.3 Å². The third kappa shape index (κ3) is 2.96. The number of aliphatic carboxylic acids is 1. The SMILES string of the molecule is Cc1nc(-c2ccc(F)cc2)sc1C(=O)N1CCCC1C(=O)O. The van der Waals surface area contributed by atoms with Crippen LogP contribution in [0.25, 0.3) is 10.6 Å². The maximum Gasteiger partial charge on any atom is 0.326 e. The molecule has 0 aliphatic carbocycles. The molecule has 1 aliphatic heterocycles. The molecule has 120 valence electrons. The summed E-state index contributed by atoms with van der Waals surface area (Å²) in [6.07, 6.45) is 1.16. The van der Waals surface area contributed by atoms with E-state index in [2.05, 4.69) is 4.98 Å². The molecule has 1 aromatic heterocycles. The first kappa shape index (κ1) is 15.6. The quantitative estimate of drug-likeness (QED) is 0.937. The van der Waals surface area contributed by atoms with Crippen LogP contribution in [0.2, 0.25) is 0 Å². The average molecular weight is 334 g/mol. The number of aryl methyl sites for hydroxylation is 1. The molecule has 0 saturated carbocycles. The first-order chi connectivity index (χ1) is 11.0. The van der Waals surface area contributed by atoms with E-state index >= 15 is 0 Å². The highest BCUT2D eigenvalue weighted by atomic mass is 32.1. The fraction of sp³-hybridized carbons (Fsp3) is 0.312. The van der Waals surface area contributed by atoms with E-state index in [0.717, 1.165) is 5.56 Å². The Bertz CT molecular complexity index is 757. The van der Waals surface area contributed by atoms with Crippen molar-refractivity contribution in [1.29, 1.82) is 0 Å². The molecule has 0 spiro atoms. The Morgan fingerprint density at radius 1 is 1.35 bits per heavy atom. The number of thiazole rings is 1. The van der Waals surface area contributed by atoms with Gasteiger partial charge in [-0.25, -0.2) is 14.2 Å². The number of rotatable bonds is 3. The standard InChI is InChI=1S/C16H15FN2O3S/c1-9-13(15(20)19-8-2-3-12(19)16(21)22)23-14(18-9)10-4-6-11(17)7-5-10/h4-7,12H,2-3,8H2,1H3,(H,21,22). The number of carbonyl (C=O) groups excluding carboxylic acids is 1. The molecule has 1 aliphatic rings. The predicted molar refractivity (Wildman–Crippen MR) is 83.9 cm³/mol. The van der Waals surface area contributed by atoms with Crippen LogP contribution >= 0.6 is 11.3 Å². The number of nitrogens with zero attached hydrogens (tertiary/aromatic N) is 2. The highest BCUT2D eigenvalue weighted by Crippen LogP contribution is 2.30. The van der Waals surface area contributed by atoms with E-state index in [4.69, 9.17) is 0 Å². The van der Waals surface area contributed by atoms with Gasteiger partial charge in [-0.1, -0.05) is 0 Å². The summed E-state index contributed by atoms with van der Waals surface area (Å²) in [7, 11) is 0. The Morgan fingerprint density at radius 2 is 2.04 bits per heavy atom. The van der Waals surface area contributed by atoms with Crippen LogP contribution in [0.4, 0.5) is 4.39 Å². The van der Waals surface area contributed by atoms with Crippen molar-refractivity contribution in [2.24, 2.45) is 0 Å². The monoisotopic (exact) mass is 334 g/mol. The van der Waals surface area contributed by atoms with E-state index in [1.54, 1.807) is 19.1 Å². The molecule has 3 rings (SSSR count). The Hall–Kier alpha value is -2.28. The molecule has 0 bridgehead atoms. The smallest absolute Gasteiger partial charge is 0.326 e. The summed E-state index contributed by atoms with van der Waals surface area (Å²) < 4.78 is 13.0. The number of likely N-dealkylation sites (tertiary alicyclic amines) is 1. The number of hydrogen-bond donors (Lipinski definition) is 1. The number of carboxylic acids is 1. The van der Waals surface area contributed by atoms with Gasteiger partial charge in [0.25, 0.3) is 5.91 Å². The molecular formula is C16H15FN2O3S. The summed E-state index contributed by atoms with van der Waals surface area (Å²) in [5.41, 5.74) is 1.30. The van der Waals surface area contributed by atoms with Gasteiger partial charge in [0, 0.05) is 12.1 Å². The molecule has 1 atom stereocenters. The second-order valence-corrected chi connectivity index (χ2v) is 6.43. The average Bonchev–Trinajstić information content (AvgIpc) is 3.14. The van der Waals surface area contributed by atoms with Crippen molar-refractivity contribution in [2.75, 3.05) is 6.54 Å². The predicted octanol–water partition coefficient (Wildman–Crippen LogP) is 2.95. The fourth-order valence-electron chi connectivity index (χ4n) is 2.71. The molecule has 2 aromatic rings. The zero-order valence-corrected chi connectivity index (χ0v) is 13.3. The van der Waals surface area contributed by atoms with Gasteiger partial charge in [-0.15, -0.1) is 11.3 Å². The zero-order valence-electron chi connectivity index (χ0n) is 12.5. The van der Waals surface area contributed by atoms with Crippen molar-refractivity contribution in [2.45, 2.75) is 25.8 Å². The van der Waals surface area contributed by atoms with Crippen molar-refractivity contribution < 1.29 is 19.1 Å². The number of aromatic nitrogens is 1. The highest BCUT2D eigenvalue weighted by molar-refractivity contribution is 7.17. The first-order valence-electron chi connectivity index (χ1n) is 7.24. The van der Waals surface area contributed by atoms with Crippen molar-refractivity contribution >= 4 is 23.2 Å². The lowest BCUT2D eigenvalue weighted by molar-refractivity contribution is -0.141. The Morgan fingerprint density at radius 3 is 2.70 bits per heavy atom. The number of benzene rings is 1. The van der Waals surface area contributed by atoms with E-state index in [0.29, 0.717) is 35.0 Å². The zero-order chi connectivity index (χ0) is 16.6. The third-order valence-electron chi connectivity index (χ3n) is 3.88. The molecule has 1 N–H and O–H groups in total. The van der Waals surface area contributed by atoms with E-state index in [1.165, 1.54) is 28.4 Å². The van der Waals surface area contributed by atoms with Crippen LogP contribution in [0, 0.1) is 12.7 Å². The highest BCUT2D eigenvalue weighted by Gasteiger charge is 2.35. The molecule has 7 heteroatoms. The van der Waals surface area contributed by atoms with E-state index in [1.807, 2.05) is 0 Å². The molecular weight excluding hydrogens is 319 g/mol. The fourth-order valence-corrected chi connectivity index (χ4v) is 3.74. The van der Waals surface area contributed by atoms with Crippen LogP contribution in [0.1, 0.15) is 28.2 Å². The Labute approximate surface area is 136 Å². The summed E-state index contributed by atoms with van der Waals surface area (Å²) >= 11 is 1.21. The van der Waals surface area contributed by atoms with Crippen LogP contribution in [0.3, 0.4) is 0 Å². The minimum absolute atomic E-state index is 0.293. The molecule has 1 amide bonds. The minimum atomic E-state index is -0.975.